The fraction of sp³-hybridized carbons (Fsp3) is 0.300. The summed E-state index contributed by atoms with van der Waals surface area (Å²) in [6, 6.07) is 22.0. The molecule has 3 aromatic carbocycles. The first-order valence-electron chi connectivity index (χ1n) is 13.1. The quantitative estimate of drug-likeness (QED) is 0.340. The summed E-state index contributed by atoms with van der Waals surface area (Å²) in [5.41, 5.74) is 1.78. The van der Waals surface area contributed by atoms with Gasteiger partial charge in [-0.3, -0.25) is 14.4 Å². The number of carbonyl (C=O) groups excluding carboxylic acids is 3. The molecule has 0 radical (unpaired) electrons. The van der Waals surface area contributed by atoms with Crippen molar-refractivity contribution in [3.8, 4) is 0 Å². The molecule has 3 aromatic rings. The summed E-state index contributed by atoms with van der Waals surface area (Å²) in [6.07, 6.45) is 0.00656. The zero-order chi connectivity index (χ0) is 28.9. The van der Waals surface area contributed by atoms with Gasteiger partial charge in [-0.2, -0.15) is 0 Å². The molecule has 10 heteroatoms. The number of nitrogens with zero attached hydrogens (tertiary/aromatic N) is 2. The van der Waals surface area contributed by atoms with Crippen molar-refractivity contribution < 1.29 is 22.8 Å². The fourth-order valence-corrected chi connectivity index (χ4v) is 6.62. The van der Waals surface area contributed by atoms with E-state index >= 15 is 0 Å². The Bertz CT molecular complexity index is 1490. The molecular weight excluding hydrogens is 594 g/mol. The maximum Gasteiger partial charge on any atom is 0.269 e. The van der Waals surface area contributed by atoms with Crippen LogP contribution in [0.3, 0.4) is 0 Å². The third-order valence-electron chi connectivity index (χ3n) is 6.64. The third kappa shape index (κ3) is 6.79. The third-order valence-corrected chi connectivity index (χ3v) is 8.97. The molecule has 210 valence electrons. The minimum absolute atomic E-state index is 0.0616. The molecule has 0 aromatic heterocycles. The second-order valence-electron chi connectivity index (χ2n) is 10.1. The smallest absolute Gasteiger partial charge is 0.269 e. The van der Waals surface area contributed by atoms with Gasteiger partial charge < -0.3 is 10.2 Å². The van der Waals surface area contributed by atoms with Crippen molar-refractivity contribution in [1.82, 2.24) is 14.5 Å². The number of amides is 3. The monoisotopic (exact) mass is 625 g/mol. The van der Waals surface area contributed by atoms with Gasteiger partial charge in [0.05, 0.1) is 5.56 Å². The predicted molar refractivity (Wildman–Crippen MR) is 156 cm³/mol. The second-order valence-corrected chi connectivity index (χ2v) is 12.9. The molecule has 1 aliphatic rings. The van der Waals surface area contributed by atoms with Crippen molar-refractivity contribution in [3.63, 3.8) is 0 Å². The Balaban J connectivity index is 1.63. The minimum Gasteiger partial charge on any atom is -0.354 e. The summed E-state index contributed by atoms with van der Waals surface area (Å²) >= 11 is 3.46. The molecule has 0 fully saturated rings. The van der Waals surface area contributed by atoms with Crippen LogP contribution < -0.4 is 5.32 Å². The Hall–Kier alpha value is -3.50. The van der Waals surface area contributed by atoms with Gasteiger partial charge in [-0.15, -0.1) is 0 Å². The van der Waals surface area contributed by atoms with Gasteiger partial charge in [0.2, 0.25) is 11.8 Å². The molecule has 1 aliphatic heterocycles. The van der Waals surface area contributed by atoms with Crippen LogP contribution in [0, 0.1) is 5.92 Å². The van der Waals surface area contributed by atoms with E-state index in [1.807, 2.05) is 68.4 Å². The SMILES string of the molecule is CC(C)CNC(=O)[C@@H](Cc1ccccc1)N(Cc1cccc(Br)c1)C(=O)CCN1C(=O)c2ccccc2S1(=O)=O. The molecule has 3 amide bonds. The highest BCUT2D eigenvalue weighted by atomic mass is 79.9. The molecule has 0 bridgehead atoms. The van der Waals surface area contributed by atoms with Crippen LogP contribution in [0.1, 0.15) is 41.8 Å². The number of hydrogen-bond donors (Lipinski definition) is 1. The van der Waals surface area contributed by atoms with Crippen molar-refractivity contribution in [2.24, 2.45) is 5.92 Å². The van der Waals surface area contributed by atoms with Crippen LogP contribution in [-0.4, -0.2) is 54.5 Å². The summed E-state index contributed by atoms with van der Waals surface area (Å²) in [5, 5.41) is 2.96. The summed E-state index contributed by atoms with van der Waals surface area (Å²) in [7, 11) is -4.06. The van der Waals surface area contributed by atoms with E-state index in [-0.39, 0.29) is 48.2 Å². The Morgan fingerprint density at radius 2 is 1.62 bits per heavy atom. The van der Waals surface area contributed by atoms with Gasteiger partial charge in [-0.25, -0.2) is 12.7 Å². The minimum atomic E-state index is -4.06. The van der Waals surface area contributed by atoms with Crippen molar-refractivity contribution >= 4 is 43.7 Å². The van der Waals surface area contributed by atoms with Gasteiger partial charge in [0.1, 0.15) is 10.9 Å². The van der Waals surface area contributed by atoms with Gasteiger partial charge in [0, 0.05) is 36.9 Å². The van der Waals surface area contributed by atoms with Gasteiger partial charge in [-0.1, -0.05) is 84.4 Å². The van der Waals surface area contributed by atoms with Gasteiger partial charge in [0.15, 0.2) is 0 Å². The molecule has 8 nitrogen and oxygen atoms in total. The highest BCUT2D eigenvalue weighted by molar-refractivity contribution is 9.10. The number of hydrogen-bond acceptors (Lipinski definition) is 5. The lowest BCUT2D eigenvalue weighted by Crippen LogP contribution is -2.51. The summed E-state index contributed by atoms with van der Waals surface area (Å²) in [4.78, 5) is 41.7. The van der Waals surface area contributed by atoms with Crippen LogP contribution >= 0.6 is 15.9 Å². The molecule has 0 aliphatic carbocycles. The van der Waals surface area contributed by atoms with Crippen LogP contribution in [0.15, 0.2) is 88.2 Å². The van der Waals surface area contributed by atoms with E-state index in [2.05, 4.69) is 21.2 Å². The Morgan fingerprint density at radius 3 is 2.30 bits per heavy atom. The predicted octanol–water partition coefficient (Wildman–Crippen LogP) is 4.40. The Morgan fingerprint density at radius 1 is 0.950 bits per heavy atom. The normalized spacial score (nSPS) is 14.6. The first-order valence-corrected chi connectivity index (χ1v) is 15.3. The number of sulfonamides is 1. The Labute approximate surface area is 243 Å². The number of benzene rings is 3. The zero-order valence-corrected chi connectivity index (χ0v) is 24.8. The lowest BCUT2D eigenvalue weighted by atomic mass is 10.0. The summed E-state index contributed by atoms with van der Waals surface area (Å²) < 4.78 is 27.7. The van der Waals surface area contributed by atoms with Crippen LogP contribution in [0.4, 0.5) is 0 Å². The summed E-state index contributed by atoms with van der Waals surface area (Å²) in [6.45, 7) is 4.23. The number of carbonyl (C=O) groups is 3. The highest BCUT2D eigenvalue weighted by Crippen LogP contribution is 2.30. The van der Waals surface area contributed by atoms with E-state index in [1.165, 1.54) is 17.0 Å². The molecule has 0 spiro atoms. The standard InChI is InChI=1S/C30H32BrN3O5S/c1-21(2)19-32-29(36)26(18-22-9-4-3-5-10-22)33(20-23-11-8-12-24(31)17-23)28(35)15-16-34-30(37)25-13-6-7-14-27(25)40(34,38)39/h3-14,17,21,26H,15-16,18-20H2,1-2H3,(H,32,36)/t26-/m1/s1. The zero-order valence-electron chi connectivity index (χ0n) is 22.4. The average Bonchev–Trinajstić information content (AvgIpc) is 3.13. The first-order chi connectivity index (χ1) is 19.1. The largest absolute Gasteiger partial charge is 0.354 e. The number of rotatable bonds is 11. The molecule has 40 heavy (non-hydrogen) atoms. The van der Waals surface area contributed by atoms with E-state index in [9.17, 15) is 22.8 Å². The molecule has 1 heterocycles. The molecule has 0 saturated heterocycles. The molecule has 0 saturated carbocycles. The number of fused-ring (bicyclic) bond motifs is 1. The maximum atomic E-state index is 13.9. The van der Waals surface area contributed by atoms with Gasteiger partial charge in [0.25, 0.3) is 15.9 Å². The molecule has 0 unspecified atom stereocenters. The van der Waals surface area contributed by atoms with Crippen molar-refractivity contribution in [1.29, 1.82) is 0 Å². The topological polar surface area (TPSA) is 104 Å². The highest BCUT2D eigenvalue weighted by Gasteiger charge is 2.41. The summed E-state index contributed by atoms with van der Waals surface area (Å²) in [5.74, 6) is -1.17. The Kier molecular flexibility index (Phi) is 9.42. The van der Waals surface area contributed by atoms with Crippen LogP contribution in [-0.2, 0) is 32.6 Å². The van der Waals surface area contributed by atoms with Crippen LogP contribution in [0.2, 0.25) is 0 Å². The number of halogens is 1. The van der Waals surface area contributed by atoms with Crippen molar-refractivity contribution in [2.75, 3.05) is 13.1 Å². The fourth-order valence-electron chi connectivity index (χ4n) is 4.60. The van der Waals surface area contributed by atoms with E-state index in [4.69, 9.17) is 0 Å². The lowest BCUT2D eigenvalue weighted by molar-refractivity contribution is -0.141. The van der Waals surface area contributed by atoms with E-state index in [1.54, 1.807) is 12.1 Å². The van der Waals surface area contributed by atoms with Crippen molar-refractivity contribution in [2.45, 2.75) is 44.2 Å². The maximum absolute atomic E-state index is 13.9. The van der Waals surface area contributed by atoms with Crippen LogP contribution in [0.25, 0.3) is 0 Å². The molecule has 1 N–H and O–H groups in total. The second kappa shape index (κ2) is 12.8. The van der Waals surface area contributed by atoms with E-state index in [0.717, 1.165) is 19.9 Å². The molecular formula is C30H32BrN3O5S. The first kappa shape index (κ1) is 29.5. The molecule has 4 rings (SSSR count). The van der Waals surface area contributed by atoms with Gasteiger partial charge >= 0.3 is 0 Å². The lowest BCUT2D eigenvalue weighted by Gasteiger charge is -2.32. The molecule has 1 atom stereocenters. The van der Waals surface area contributed by atoms with Gasteiger partial charge in [-0.05, 0) is 41.3 Å². The number of nitrogens with one attached hydrogen (secondary N) is 1. The van der Waals surface area contributed by atoms with Crippen molar-refractivity contribution in [3.05, 3.63) is 100 Å². The average molecular weight is 627 g/mol. The van der Waals surface area contributed by atoms with E-state index < -0.39 is 27.9 Å². The van der Waals surface area contributed by atoms with E-state index in [0.29, 0.717) is 6.54 Å². The van der Waals surface area contributed by atoms with Crippen LogP contribution in [0.5, 0.6) is 0 Å².